The second kappa shape index (κ2) is 5.71. The first-order valence-electron chi connectivity index (χ1n) is 6.32. The number of aryl methyl sites for hydroxylation is 1. The summed E-state index contributed by atoms with van der Waals surface area (Å²) in [5.41, 5.74) is 1.15. The molecule has 98 valence electrons. The Kier molecular flexibility index (Phi) is 4.02. The van der Waals surface area contributed by atoms with E-state index in [9.17, 15) is 4.79 Å². The fraction of sp³-hybridized carbons (Fsp3) is 0.538. The van der Waals surface area contributed by atoms with Crippen LogP contribution >= 0.6 is 0 Å². The number of carboxylic acid groups (broad SMARTS) is 1. The molecule has 1 amide bonds. The van der Waals surface area contributed by atoms with Crippen LogP contribution in [0, 0.1) is 6.92 Å². The molecule has 0 aromatic carbocycles. The number of rotatable bonds is 3. The number of carbonyl (C=O) groups is 1. The van der Waals surface area contributed by atoms with Gasteiger partial charge in [0.1, 0.15) is 5.82 Å². The molecule has 3 N–H and O–H groups in total. The number of nitrogens with zero attached hydrogens (tertiary/aromatic N) is 1. The van der Waals surface area contributed by atoms with Gasteiger partial charge in [0, 0.05) is 18.3 Å². The molecule has 0 spiro atoms. The van der Waals surface area contributed by atoms with Gasteiger partial charge < -0.3 is 15.7 Å². The van der Waals surface area contributed by atoms with Crippen LogP contribution in [0.2, 0.25) is 0 Å². The van der Waals surface area contributed by atoms with E-state index in [1.165, 1.54) is 0 Å². The van der Waals surface area contributed by atoms with Crippen LogP contribution in [0.25, 0.3) is 0 Å². The molecule has 5 heteroatoms. The van der Waals surface area contributed by atoms with E-state index in [0.717, 1.165) is 37.1 Å². The first-order valence-corrected chi connectivity index (χ1v) is 6.32. The summed E-state index contributed by atoms with van der Waals surface area (Å²) in [5, 5.41) is 14.6. The molecule has 0 saturated heterocycles. The minimum Gasteiger partial charge on any atom is -0.465 e. The topological polar surface area (TPSA) is 74.2 Å². The highest BCUT2D eigenvalue weighted by Crippen LogP contribution is 2.21. The summed E-state index contributed by atoms with van der Waals surface area (Å²) in [6, 6.07) is 4.52. The van der Waals surface area contributed by atoms with Gasteiger partial charge in [-0.05, 0) is 44.2 Å². The highest BCUT2D eigenvalue weighted by atomic mass is 16.4. The number of amides is 1. The predicted octanol–water partition coefficient (Wildman–Crippen LogP) is 2.38. The minimum atomic E-state index is -0.924. The van der Waals surface area contributed by atoms with Gasteiger partial charge in [-0.1, -0.05) is 6.07 Å². The summed E-state index contributed by atoms with van der Waals surface area (Å²) in [6.45, 7) is 2.01. The van der Waals surface area contributed by atoms with Crippen molar-refractivity contribution in [2.75, 3.05) is 5.32 Å². The lowest BCUT2D eigenvalue weighted by Gasteiger charge is -2.29. The Morgan fingerprint density at radius 3 is 2.50 bits per heavy atom. The maximum Gasteiger partial charge on any atom is 0.404 e. The third-order valence-electron chi connectivity index (χ3n) is 3.32. The average Bonchev–Trinajstić information content (AvgIpc) is 2.34. The summed E-state index contributed by atoms with van der Waals surface area (Å²) in [6.07, 6.45) is 4.64. The zero-order valence-electron chi connectivity index (χ0n) is 10.5. The Morgan fingerprint density at radius 1 is 1.28 bits per heavy atom. The molecule has 1 fully saturated rings. The maximum absolute atomic E-state index is 10.5. The number of anilines is 1. The van der Waals surface area contributed by atoms with Gasteiger partial charge in [-0.2, -0.15) is 0 Å². The van der Waals surface area contributed by atoms with Crippen molar-refractivity contribution < 1.29 is 9.90 Å². The van der Waals surface area contributed by atoms with Crippen LogP contribution in [0.1, 0.15) is 31.2 Å². The van der Waals surface area contributed by atoms with E-state index in [1.54, 1.807) is 0 Å². The Hall–Kier alpha value is -1.78. The van der Waals surface area contributed by atoms with Crippen LogP contribution in [0.15, 0.2) is 18.3 Å². The van der Waals surface area contributed by atoms with E-state index < -0.39 is 6.09 Å². The van der Waals surface area contributed by atoms with Crippen LogP contribution in [0.3, 0.4) is 0 Å². The molecule has 1 aromatic heterocycles. The monoisotopic (exact) mass is 249 g/mol. The molecule has 1 aliphatic rings. The van der Waals surface area contributed by atoms with Gasteiger partial charge in [0.25, 0.3) is 0 Å². The molecule has 1 heterocycles. The van der Waals surface area contributed by atoms with Crippen LogP contribution in [-0.4, -0.2) is 28.3 Å². The molecule has 0 radical (unpaired) electrons. The highest BCUT2D eigenvalue weighted by Gasteiger charge is 2.22. The number of nitrogens with one attached hydrogen (secondary N) is 2. The van der Waals surface area contributed by atoms with Gasteiger partial charge in [-0.15, -0.1) is 0 Å². The van der Waals surface area contributed by atoms with Gasteiger partial charge in [0.2, 0.25) is 0 Å². The van der Waals surface area contributed by atoms with E-state index in [4.69, 9.17) is 5.11 Å². The van der Waals surface area contributed by atoms with E-state index in [0.29, 0.717) is 6.04 Å². The summed E-state index contributed by atoms with van der Waals surface area (Å²) in [5.74, 6) is 0.898. The summed E-state index contributed by atoms with van der Waals surface area (Å²) < 4.78 is 0. The number of hydrogen-bond donors (Lipinski definition) is 3. The Morgan fingerprint density at radius 2 is 1.94 bits per heavy atom. The second-order valence-electron chi connectivity index (χ2n) is 4.86. The van der Waals surface area contributed by atoms with Crippen molar-refractivity contribution in [2.24, 2.45) is 0 Å². The first kappa shape index (κ1) is 12.7. The van der Waals surface area contributed by atoms with Crippen molar-refractivity contribution in [3.8, 4) is 0 Å². The van der Waals surface area contributed by atoms with Crippen LogP contribution < -0.4 is 10.6 Å². The number of hydrogen-bond acceptors (Lipinski definition) is 3. The first-order chi connectivity index (χ1) is 8.63. The normalized spacial score (nSPS) is 23.4. The average molecular weight is 249 g/mol. The van der Waals surface area contributed by atoms with Crippen LogP contribution in [0.5, 0.6) is 0 Å². The number of aromatic nitrogens is 1. The molecule has 5 nitrogen and oxygen atoms in total. The molecule has 0 atom stereocenters. The lowest BCUT2D eigenvalue weighted by atomic mass is 9.91. The molecular formula is C13H19N3O2. The SMILES string of the molecule is Cc1ccc(NC2CCC(NC(=O)O)CC2)nc1. The highest BCUT2D eigenvalue weighted by molar-refractivity contribution is 5.64. The summed E-state index contributed by atoms with van der Waals surface area (Å²) in [4.78, 5) is 14.9. The van der Waals surface area contributed by atoms with Gasteiger partial charge in [-0.25, -0.2) is 9.78 Å². The third kappa shape index (κ3) is 3.61. The van der Waals surface area contributed by atoms with Crippen molar-refractivity contribution in [3.63, 3.8) is 0 Å². The molecule has 1 aliphatic carbocycles. The zero-order chi connectivity index (χ0) is 13.0. The molecule has 2 rings (SSSR count). The quantitative estimate of drug-likeness (QED) is 0.769. The zero-order valence-corrected chi connectivity index (χ0v) is 10.5. The van der Waals surface area contributed by atoms with Crippen molar-refractivity contribution >= 4 is 11.9 Å². The van der Waals surface area contributed by atoms with Gasteiger partial charge in [0.15, 0.2) is 0 Å². The summed E-state index contributed by atoms with van der Waals surface area (Å²) >= 11 is 0. The largest absolute Gasteiger partial charge is 0.465 e. The minimum absolute atomic E-state index is 0.103. The maximum atomic E-state index is 10.5. The molecular weight excluding hydrogens is 230 g/mol. The molecule has 1 aromatic rings. The van der Waals surface area contributed by atoms with Crippen molar-refractivity contribution in [3.05, 3.63) is 23.9 Å². The predicted molar refractivity (Wildman–Crippen MR) is 69.8 cm³/mol. The molecule has 0 bridgehead atoms. The standard InChI is InChI=1S/C13H19N3O2/c1-9-2-7-12(14-8-9)15-10-3-5-11(6-4-10)16-13(17)18/h2,7-8,10-11,16H,3-6H2,1H3,(H,14,15)(H,17,18). The van der Waals surface area contributed by atoms with Crippen LogP contribution in [0.4, 0.5) is 10.6 Å². The fourth-order valence-electron chi connectivity index (χ4n) is 2.32. The van der Waals surface area contributed by atoms with Crippen LogP contribution in [-0.2, 0) is 0 Å². The number of pyridine rings is 1. The summed E-state index contributed by atoms with van der Waals surface area (Å²) in [7, 11) is 0. The van der Waals surface area contributed by atoms with Crippen molar-refractivity contribution in [1.29, 1.82) is 0 Å². The molecule has 0 unspecified atom stereocenters. The third-order valence-corrected chi connectivity index (χ3v) is 3.32. The Balaban J connectivity index is 1.79. The van der Waals surface area contributed by atoms with E-state index in [-0.39, 0.29) is 6.04 Å². The van der Waals surface area contributed by atoms with E-state index in [2.05, 4.69) is 15.6 Å². The lowest BCUT2D eigenvalue weighted by Crippen LogP contribution is -2.39. The van der Waals surface area contributed by atoms with E-state index in [1.807, 2.05) is 25.3 Å². The molecule has 18 heavy (non-hydrogen) atoms. The van der Waals surface area contributed by atoms with Gasteiger partial charge >= 0.3 is 6.09 Å². The Bertz CT molecular complexity index is 397. The lowest BCUT2D eigenvalue weighted by molar-refractivity contribution is 0.185. The van der Waals surface area contributed by atoms with E-state index >= 15 is 0 Å². The van der Waals surface area contributed by atoms with Crippen molar-refractivity contribution in [2.45, 2.75) is 44.7 Å². The Labute approximate surface area is 107 Å². The molecule has 1 saturated carbocycles. The second-order valence-corrected chi connectivity index (χ2v) is 4.86. The van der Waals surface area contributed by atoms with Gasteiger partial charge in [0.05, 0.1) is 0 Å². The van der Waals surface area contributed by atoms with Gasteiger partial charge in [-0.3, -0.25) is 0 Å². The fourth-order valence-corrected chi connectivity index (χ4v) is 2.32. The van der Waals surface area contributed by atoms with Crippen molar-refractivity contribution in [1.82, 2.24) is 10.3 Å². The smallest absolute Gasteiger partial charge is 0.404 e. The molecule has 0 aliphatic heterocycles.